The van der Waals surface area contributed by atoms with E-state index in [1.807, 2.05) is 0 Å². The molecule has 2 rings (SSSR count). The number of hydrogen-bond donors (Lipinski definition) is 0. The quantitative estimate of drug-likeness (QED) is 0.650. The summed E-state index contributed by atoms with van der Waals surface area (Å²) in [5.41, 5.74) is 0.729. The Labute approximate surface area is 89.9 Å². The first kappa shape index (κ1) is 12.0. The molecule has 0 unspecified atom stereocenters. The van der Waals surface area contributed by atoms with Crippen LogP contribution in [0.15, 0.2) is 0 Å². The predicted molar refractivity (Wildman–Crippen MR) is 63.6 cm³/mol. The van der Waals surface area contributed by atoms with Crippen molar-refractivity contribution in [2.75, 3.05) is 13.1 Å². The van der Waals surface area contributed by atoms with Crippen molar-refractivity contribution in [1.29, 1.82) is 0 Å². The van der Waals surface area contributed by atoms with Crippen LogP contribution in [0.4, 0.5) is 0 Å². The zero-order valence-electron chi connectivity index (χ0n) is 10.3. The summed E-state index contributed by atoms with van der Waals surface area (Å²) < 4.78 is 0. The highest BCUT2D eigenvalue weighted by Gasteiger charge is 2.47. The second kappa shape index (κ2) is 5.75. The van der Waals surface area contributed by atoms with Gasteiger partial charge in [0.05, 0.1) is 0 Å². The van der Waals surface area contributed by atoms with Crippen LogP contribution in [-0.4, -0.2) is 23.5 Å². The molecule has 1 aliphatic carbocycles. The minimum atomic E-state index is 0.729. The van der Waals surface area contributed by atoms with Crippen molar-refractivity contribution >= 4 is 0 Å². The van der Waals surface area contributed by atoms with Gasteiger partial charge in [-0.25, -0.2) is 0 Å². The summed E-state index contributed by atoms with van der Waals surface area (Å²) in [6.07, 6.45) is 10.0. The SMILES string of the molecule is CCCC.CCN1CCCCC12CC2. The van der Waals surface area contributed by atoms with Crippen LogP contribution in [0.5, 0.6) is 0 Å². The highest BCUT2D eigenvalue weighted by atomic mass is 15.2. The van der Waals surface area contributed by atoms with Gasteiger partial charge < -0.3 is 0 Å². The normalized spacial score (nSPS) is 24.2. The van der Waals surface area contributed by atoms with Crippen LogP contribution >= 0.6 is 0 Å². The number of hydrogen-bond acceptors (Lipinski definition) is 1. The Kier molecular flexibility index (Phi) is 4.94. The summed E-state index contributed by atoms with van der Waals surface area (Å²) in [5, 5.41) is 0. The molecule has 1 spiro atoms. The van der Waals surface area contributed by atoms with Crippen LogP contribution < -0.4 is 0 Å². The van der Waals surface area contributed by atoms with Gasteiger partial charge in [-0.05, 0) is 38.8 Å². The van der Waals surface area contributed by atoms with E-state index in [2.05, 4.69) is 25.7 Å². The maximum atomic E-state index is 2.69. The largest absolute Gasteiger partial charge is 0.298 e. The molecular formula is C13H27N. The molecule has 1 saturated heterocycles. The molecule has 1 nitrogen and oxygen atoms in total. The van der Waals surface area contributed by atoms with Crippen LogP contribution in [0.25, 0.3) is 0 Å². The van der Waals surface area contributed by atoms with Crippen molar-refractivity contribution in [3.63, 3.8) is 0 Å². The Bertz CT molecular complexity index is 147. The van der Waals surface area contributed by atoms with E-state index in [1.54, 1.807) is 0 Å². The molecule has 0 aromatic carbocycles. The number of likely N-dealkylation sites (tertiary alicyclic amines) is 1. The third-order valence-corrected chi connectivity index (χ3v) is 3.70. The number of rotatable bonds is 2. The molecule has 0 radical (unpaired) electrons. The van der Waals surface area contributed by atoms with E-state index in [4.69, 9.17) is 0 Å². The molecule has 84 valence electrons. The van der Waals surface area contributed by atoms with Gasteiger partial charge in [0.25, 0.3) is 0 Å². The van der Waals surface area contributed by atoms with Gasteiger partial charge in [-0.15, -0.1) is 0 Å². The zero-order chi connectivity index (χ0) is 10.4. The average molecular weight is 197 g/mol. The molecule has 0 N–H and O–H groups in total. The van der Waals surface area contributed by atoms with Crippen molar-refractivity contribution in [3.05, 3.63) is 0 Å². The van der Waals surface area contributed by atoms with Gasteiger partial charge in [-0.1, -0.05) is 40.0 Å². The van der Waals surface area contributed by atoms with Crippen molar-refractivity contribution < 1.29 is 0 Å². The number of nitrogens with zero attached hydrogens (tertiary/aromatic N) is 1. The van der Waals surface area contributed by atoms with Gasteiger partial charge in [0.1, 0.15) is 0 Å². The third-order valence-electron chi connectivity index (χ3n) is 3.70. The van der Waals surface area contributed by atoms with E-state index in [1.165, 1.54) is 58.0 Å². The fraction of sp³-hybridized carbons (Fsp3) is 1.00. The Morgan fingerprint density at radius 1 is 0.929 bits per heavy atom. The van der Waals surface area contributed by atoms with Gasteiger partial charge in [0, 0.05) is 5.54 Å². The fourth-order valence-electron chi connectivity index (χ4n) is 2.36. The minimum Gasteiger partial charge on any atom is -0.298 e. The Hall–Kier alpha value is -0.0400. The topological polar surface area (TPSA) is 3.24 Å². The molecule has 1 heterocycles. The summed E-state index contributed by atoms with van der Waals surface area (Å²) in [6.45, 7) is 9.31. The average Bonchev–Trinajstić information content (AvgIpc) is 3.00. The molecule has 0 aromatic rings. The van der Waals surface area contributed by atoms with Gasteiger partial charge in [0.15, 0.2) is 0 Å². The lowest BCUT2D eigenvalue weighted by molar-refractivity contribution is 0.137. The highest BCUT2D eigenvalue weighted by molar-refractivity contribution is 5.04. The van der Waals surface area contributed by atoms with Crippen molar-refractivity contribution in [2.24, 2.45) is 0 Å². The standard InChI is InChI=1S/C9H17N.C4H10/c1-2-10-8-4-3-5-9(10)6-7-9;1-3-4-2/h2-8H2,1H3;3-4H2,1-2H3. The Balaban J connectivity index is 0.000000213. The van der Waals surface area contributed by atoms with Crippen LogP contribution in [0.2, 0.25) is 0 Å². The van der Waals surface area contributed by atoms with E-state index in [0.717, 1.165) is 5.54 Å². The monoisotopic (exact) mass is 197 g/mol. The van der Waals surface area contributed by atoms with E-state index in [0.29, 0.717) is 0 Å². The van der Waals surface area contributed by atoms with Crippen molar-refractivity contribution in [2.45, 2.75) is 71.3 Å². The maximum Gasteiger partial charge on any atom is 0.0210 e. The molecule has 0 bridgehead atoms. The first-order valence-electron chi connectivity index (χ1n) is 6.54. The smallest absolute Gasteiger partial charge is 0.0210 e. The van der Waals surface area contributed by atoms with Crippen molar-refractivity contribution in [3.8, 4) is 0 Å². The second-order valence-electron chi connectivity index (χ2n) is 4.76. The summed E-state index contributed by atoms with van der Waals surface area (Å²) in [5.74, 6) is 0. The van der Waals surface area contributed by atoms with E-state index >= 15 is 0 Å². The lowest BCUT2D eigenvalue weighted by Crippen LogP contribution is -2.41. The molecule has 2 fully saturated rings. The van der Waals surface area contributed by atoms with E-state index in [-0.39, 0.29) is 0 Å². The highest BCUT2D eigenvalue weighted by Crippen LogP contribution is 2.47. The summed E-state index contributed by atoms with van der Waals surface area (Å²) >= 11 is 0. The lowest BCUT2D eigenvalue weighted by atomic mass is 10.0. The van der Waals surface area contributed by atoms with E-state index in [9.17, 15) is 0 Å². The van der Waals surface area contributed by atoms with Gasteiger partial charge >= 0.3 is 0 Å². The molecule has 1 aliphatic heterocycles. The predicted octanol–water partition coefficient (Wildman–Crippen LogP) is 3.83. The van der Waals surface area contributed by atoms with Gasteiger partial charge in [-0.2, -0.15) is 0 Å². The Morgan fingerprint density at radius 2 is 1.57 bits per heavy atom. The number of piperidine rings is 1. The first-order valence-corrected chi connectivity index (χ1v) is 6.54. The van der Waals surface area contributed by atoms with Crippen molar-refractivity contribution in [1.82, 2.24) is 4.90 Å². The molecule has 0 aromatic heterocycles. The maximum absolute atomic E-state index is 2.69. The zero-order valence-corrected chi connectivity index (χ0v) is 10.3. The third kappa shape index (κ3) is 2.98. The van der Waals surface area contributed by atoms with Crippen LogP contribution in [0.3, 0.4) is 0 Å². The van der Waals surface area contributed by atoms with Crippen LogP contribution in [-0.2, 0) is 0 Å². The first-order chi connectivity index (χ1) is 6.79. The van der Waals surface area contributed by atoms with Gasteiger partial charge in [-0.3, -0.25) is 4.90 Å². The van der Waals surface area contributed by atoms with Crippen LogP contribution in [0.1, 0.15) is 65.7 Å². The Morgan fingerprint density at radius 3 is 1.93 bits per heavy atom. The summed E-state index contributed by atoms with van der Waals surface area (Å²) in [4.78, 5) is 2.69. The van der Waals surface area contributed by atoms with Crippen LogP contribution in [0, 0.1) is 0 Å². The summed E-state index contributed by atoms with van der Waals surface area (Å²) in [7, 11) is 0. The molecule has 14 heavy (non-hydrogen) atoms. The lowest BCUT2D eigenvalue weighted by Gasteiger charge is -2.35. The van der Waals surface area contributed by atoms with Gasteiger partial charge in [0.2, 0.25) is 0 Å². The molecule has 1 saturated carbocycles. The molecule has 2 aliphatic rings. The fourth-order valence-corrected chi connectivity index (χ4v) is 2.36. The minimum absolute atomic E-state index is 0.729. The van der Waals surface area contributed by atoms with E-state index < -0.39 is 0 Å². The molecule has 0 atom stereocenters. The second-order valence-corrected chi connectivity index (χ2v) is 4.76. The molecule has 1 heteroatoms. The molecule has 0 amide bonds. The number of unbranched alkanes of at least 4 members (excludes halogenated alkanes) is 1. The molecular weight excluding hydrogens is 170 g/mol. The summed E-state index contributed by atoms with van der Waals surface area (Å²) in [6, 6.07) is 0.